The van der Waals surface area contributed by atoms with E-state index in [1.807, 2.05) is 0 Å². The minimum atomic E-state index is 0.0303. The Morgan fingerprint density at radius 3 is 2.95 bits per heavy atom. The Labute approximate surface area is 110 Å². The third kappa shape index (κ3) is 3.35. The van der Waals surface area contributed by atoms with Gasteiger partial charge in [-0.3, -0.25) is 0 Å². The van der Waals surface area contributed by atoms with E-state index >= 15 is 0 Å². The molecule has 0 unspecified atom stereocenters. The Kier molecular flexibility index (Phi) is 4.19. The third-order valence-electron chi connectivity index (χ3n) is 2.57. The number of phenolic OH excluding ortho intramolecular Hbond substituents is 1. The number of benzene rings is 1. The number of hydrogen-bond acceptors (Lipinski definition) is 6. The standard InChI is InChI=1S/C12H16N4O3/c1-19-12-3-2-9(6-11(12)18)13-7-10-8-16(4-5-17)15-14-10/h2-3,6,8,13,17-18H,4-5,7H2,1H3. The molecule has 102 valence electrons. The van der Waals surface area contributed by atoms with Gasteiger partial charge in [-0.25, -0.2) is 4.68 Å². The lowest BCUT2D eigenvalue weighted by Crippen LogP contribution is -2.02. The zero-order chi connectivity index (χ0) is 13.7. The smallest absolute Gasteiger partial charge is 0.160 e. The molecular weight excluding hydrogens is 248 g/mol. The van der Waals surface area contributed by atoms with Crippen LogP contribution in [0.2, 0.25) is 0 Å². The third-order valence-corrected chi connectivity index (χ3v) is 2.57. The van der Waals surface area contributed by atoms with Crippen molar-refractivity contribution < 1.29 is 14.9 Å². The van der Waals surface area contributed by atoms with Crippen LogP contribution >= 0.6 is 0 Å². The summed E-state index contributed by atoms with van der Waals surface area (Å²) in [7, 11) is 1.50. The normalized spacial score (nSPS) is 10.4. The van der Waals surface area contributed by atoms with Crippen LogP contribution in [0.25, 0.3) is 0 Å². The lowest BCUT2D eigenvalue weighted by molar-refractivity contribution is 0.268. The minimum absolute atomic E-state index is 0.0303. The van der Waals surface area contributed by atoms with Crippen LogP contribution in [0.1, 0.15) is 5.69 Å². The van der Waals surface area contributed by atoms with Gasteiger partial charge in [0, 0.05) is 11.8 Å². The fraction of sp³-hybridized carbons (Fsp3) is 0.333. The quantitative estimate of drug-likeness (QED) is 0.707. The molecule has 0 saturated carbocycles. The first-order valence-corrected chi connectivity index (χ1v) is 5.83. The fourth-order valence-electron chi connectivity index (χ4n) is 1.62. The predicted octanol–water partition coefficient (Wildman–Crippen LogP) is 0.597. The van der Waals surface area contributed by atoms with Crippen LogP contribution in [0, 0.1) is 0 Å². The molecule has 0 spiro atoms. The topological polar surface area (TPSA) is 92.4 Å². The summed E-state index contributed by atoms with van der Waals surface area (Å²) in [5.41, 5.74) is 1.51. The highest BCUT2D eigenvalue weighted by atomic mass is 16.5. The summed E-state index contributed by atoms with van der Waals surface area (Å²) in [6.45, 7) is 0.941. The molecule has 0 fully saturated rings. The molecule has 2 aromatic rings. The van der Waals surface area contributed by atoms with E-state index < -0.39 is 0 Å². The second-order valence-electron chi connectivity index (χ2n) is 3.94. The first-order valence-electron chi connectivity index (χ1n) is 5.83. The van der Waals surface area contributed by atoms with Crippen molar-refractivity contribution in [1.82, 2.24) is 15.0 Å². The molecule has 7 nitrogen and oxygen atoms in total. The van der Waals surface area contributed by atoms with Gasteiger partial charge in [-0.05, 0) is 12.1 Å². The molecule has 0 aliphatic heterocycles. The molecule has 2 rings (SSSR count). The summed E-state index contributed by atoms with van der Waals surface area (Å²) in [5, 5.41) is 29.3. The van der Waals surface area contributed by atoms with E-state index in [1.54, 1.807) is 29.1 Å². The van der Waals surface area contributed by atoms with Gasteiger partial charge in [-0.15, -0.1) is 5.10 Å². The molecule has 0 atom stereocenters. The molecule has 0 radical (unpaired) electrons. The molecule has 19 heavy (non-hydrogen) atoms. The number of aromatic nitrogens is 3. The van der Waals surface area contributed by atoms with Crippen molar-refractivity contribution in [2.45, 2.75) is 13.1 Å². The number of phenols is 1. The van der Waals surface area contributed by atoms with Crippen molar-refractivity contribution in [1.29, 1.82) is 0 Å². The molecule has 3 N–H and O–H groups in total. The van der Waals surface area contributed by atoms with Crippen LogP contribution in [0.5, 0.6) is 11.5 Å². The highest BCUT2D eigenvalue weighted by Crippen LogP contribution is 2.28. The molecule has 0 aliphatic carbocycles. The number of aliphatic hydroxyl groups excluding tert-OH is 1. The lowest BCUT2D eigenvalue weighted by Gasteiger charge is -2.07. The first kappa shape index (κ1) is 13.2. The molecular formula is C12H16N4O3. The van der Waals surface area contributed by atoms with E-state index in [0.717, 1.165) is 11.4 Å². The van der Waals surface area contributed by atoms with E-state index in [9.17, 15) is 5.11 Å². The number of aromatic hydroxyl groups is 1. The molecule has 1 heterocycles. The number of ether oxygens (including phenoxy) is 1. The predicted molar refractivity (Wildman–Crippen MR) is 69.1 cm³/mol. The van der Waals surface area contributed by atoms with Gasteiger partial charge in [-0.1, -0.05) is 5.21 Å². The minimum Gasteiger partial charge on any atom is -0.504 e. The van der Waals surface area contributed by atoms with E-state index in [2.05, 4.69) is 15.6 Å². The van der Waals surface area contributed by atoms with Crippen molar-refractivity contribution in [2.75, 3.05) is 19.0 Å². The Morgan fingerprint density at radius 2 is 2.26 bits per heavy atom. The van der Waals surface area contributed by atoms with E-state index in [-0.39, 0.29) is 12.4 Å². The number of hydrogen-bond donors (Lipinski definition) is 3. The molecule has 0 saturated heterocycles. The fourth-order valence-corrected chi connectivity index (χ4v) is 1.62. The Balaban J connectivity index is 1.95. The molecule has 1 aromatic carbocycles. The van der Waals surface area contributed by atoms with Gasteiger partial charge >= 0.3 is 0 Å². The maximum Gasteiger partial charge on any atom is 0.160 e. The summed E-state index contributed by atoms with van der Waals surface area (Å²) in [6, 6.07) is 5.06. The van der Waals surface area contributed by atoms with Crippen LogP contribution in [0.15, 0.2) is 24.4 Å². The van der Waals surface area contributed by atoms with E-state index in [1.165, 1.54) is 7.11 Å². The van der Waals surface area contributed by atoms with Crippen LogP contribution in [-0.4, -0.2) is 38.9 Å². The van der Waals surface area contributed by atoms with Crippen LogP contribution < -0.4 is 10.1 Å². The number of nitrogens with one attached hydrogen (secondary N) is 1. The zero-order valence-electron chi connectivity index (χ0n) is 10.6. The summed E-state index contributed by atoms with van der Waals surface area (Å²) < 4.78 is 6.54. The summed E-state index contributed by atoms with van der Waals surface area (Å²) in [5.74, 6) is 0.510. The Morgan fingerprint density at radius 1 is 1.42 bits per heavy atom. The van der Waals surface area contributed by atoms with Gasteiger partial charge in [0.15, 0.2) is 11.5 Å². The lowest BCUT2D eigenvalue weighted by atomic mass is 10.2. The van der Waals surface area contributed by atoms with Crippen molar-refractivity contribution in [3.05, 3.63) is 30.1 Å². The van der Waals surface area contributed by atoms with Crippen LogP contribution in [0.4, 0.5) is 5.69 Å². The Bertz CT molecular complexity index is 542. The van der Waals surface area contributed by atoms with E-state index in [4.69, 9.17) is 9.84 Å². The van der Waals surface area contributed by atoms with Gasteiger partial charge in [0.05, 0.1) is 33.0 Å². The zero-order valence-corrected chi connectivity index (χ0v) is 10.6. The summed E-state index contributed by atoms with van der Waals surface area (Å²) in [6.07, 6.45) is 1.76. The first-order chi connectivity index (χ1) is 9.22. The van der Waals surface area contributed by atoms with Gasteiger partial charge in [0.1, 0.15) is 5.69 Å². The number of anilines is 1. The second-order valence-corrected chi connectivity index (χ2v) is 3.94. The molecule has 1 aromatic heterocycles. The highest BCUT2D eigenvalue weighted by molar-refractivity contribution is 5.54. The second kappa shape index (κ2) is 6.05. The molecule has 0 bridgehead atoms. The average Bonchev–Trinajstić information content (AvgIpc) is 2.85. The number of rotatable bonds is 6. The molecule has 7 heteroatoms. The van der Waals surface area contributed by atoms with Crippen molar-refractivity contribution in [3.8, 4) is 11.5 Å². The number of nitrogens with zero attached hydrogens (tertiary/aromatic N) is 3. The average molecular weight is 264 g/mol. The summed E-state index contributed by atoms with van der Waals surface area (Å²) in [4.78, 5) is 0. The van der Waals surface area contributed by atoms with Crippen molar-refractivity contribution >= 4 is 5.69 Å². The number of methoxy groups -OCH3 is 1. The largest absolute Gasteiger partial charge is 0.504 e. The number of aliphatic hydroxyl groups is 1. The van der Waals surface area contributed by atoms with Gasteiger partial charge < -0.3 is 20.3 Å². The Hall–Kier alpha value is -2.28. The highest BCUT2D eigenvalue weighted by Gasteiger charge is 2.04. The van der Waals surface area contributed by atoms with Crippen LogP contribution in [-0.2, 0) is 13.1 Å². The summed E-state index contributed by atoms with van der Waals surface area (Å²) >= 11 is 0. The van der Waals surface area contributed by atoms with Gasteiger partial charge in [0.25, 0.3) is 0 Å². The molecule has 0 amide bonds. The van der Waals surface area contributed by atoms with Crippen LogP contribution in [0.3, 0.4) is 0 Å². The monoisotopic (exact) mass is 264 g/mol. The maximum absolute atomic E-state index is 9.64. The molecule has 0 aliphatic rings. The van der Waals surface area contributed by atoms with Crippen molar-refractivity contribution in [2.24, 2.45) is 0 Å². The van der Waals surface area contributed by atoms with Crippen molar-refractivity contribution in [3.63, 3.8) is 0 Å². The van der Waals surface area contributed by atoms with E-state index in [0.29, 0.717) is 18.8 Å². The van der Waals surface area contributed by atoms with Gasteiger partial charge in [0.2, 0.25) is 0 Å². The maximum atomic E-state index is 9.64. The SMILES string of the molecule is COc1ccc(NCc2cn(CCO)nn2)cc1O. The van der Waals surface area contributed by atoms with Gasteiger partial charge in [-0.2, -0.15) is 0 Å².